The molecule has 3 rings (SSSR count). The largest absolute Gasteiger partial charge is 0.456 e. The van der Waals surface area contributed by atoms with Gasteiger partial charge in [-0.25, -0.2) is 0 Å². The number of ether oxygens (including phenoxy) is 1. The summed E-state index contributed by atoms with van der Waals surface area (Å²) in [5.74, 6) is 1.44. The average Bonchev–Trinajstić information content (AvgIpc) is 2.55. The van der Waals surface area contributed by atoms with Crippen molar-refractivity contribution in [3.8, 4) is 11.5 Å². The number of benzene rings is 1. The van der Waals surface area contributed by atoms with E-state index >= 15 is 0 Å². The SMILES string of the molecule is CCC(N)c1ccc(Oc2ccc3cccnc3c2)cn1. The first-order valence-electron chi connectivity index (χ1n) is 7.00. The van der Waals surface area contributed by atoms with Gasteiger partial charge in [-0.1, -0.05) is 13.0 Å². The molecule has 0 amide bonds. The topological polar surface area (TPSA) is 61.0 Å². The van der Waals surface area contributed by atoms with Gasteiger partial charge in [0.05, 0.1) is 17.4 Å². The van der Waals surface area contributed by atoms with Gasteiger partial charge >= 0.3 is 0 Å². The monoisotopic (exact) mass is 279 g/mol. The van der Waals surface area contributed by atoms with Gasteiger partial charge in [0.2, 0.25) is 0 Å². The van der Waals surface area contributed by atoms with E-state index in [4.69, 9.17) is 10.5 Å². The van der Waals surface area contributed by atoms with Crippen LogP contribution in [0.25, 0.3) is 10.9 Å². The van der Waals surface area contributed by atoms with Gasteiger partial charge in [0.15, 0.2) is 0 Å². The molecule has 4 heteroatoms. The molecule has 1 atom stereocenters. The lowest BCUT2D eigenvalue weighted by Crippen LogP contribution is -2.10. The molecule has 0 saturated heterocycles. The maximum Gasteiger partial charge on any atom is 0.145 e. The van der Waals surface area contributed by atoms with Crippen molar-refractivity contribution < 1.29 is 4.74 Å². The second-order valence-corrected chi connectivity index (χ2v) is 4.89. The van der Waals surface area contributed by atoms with Crippen molar-refractivity contribution in [1.82, 2.24) is 9.97 Å². The van der Waals surface area contributed by atoms with Gasteiger partial charge in [-0.05, 0) is 36.8 Å². The highest BCUT2D eigenvalue weighted by molar-refractivity contribution is 5.79. The molecule has 0 aliphatic rings. The Morgan fingerprint density at radius 2 is 1.95 bits per heavy atom. The number of nitrogens with two attached hydrogens (primary N) is 1. The first kappa shape index (κ1) is 13.5. The summed E-state index contributed by atoms with van der Waals surface area (Å²) in [7, 11) is 0. The molecule has 2 heterocycles. The molecule has 0 spiro atoms. The predicted octanol–water partition coefficient (Wildman–Crippen LogP) is 3.83. The van der Waals surface area contributed by atoms with Crippen LogP contribution in [0.3, 0.4) is 0 Å². The summed E-state index contributed by atoms with van der Waals surface area (Å²) in [4.78, 5) is 8.66. The number of rotatable bonds is 4. The fraction of sp³-hybridized carbons (Fsp3) is 0.176. The Morgan fingerprint density at radius 1 is 1.10 bits per heavy atom. The normalized spacial score (nSPS) is 12.3. The zero-order chi connectivity index (χ0) is 14.7. The number of hydrogen-bond acceptors (Lipinski definition) is 4. The number of pyridine rings is 2. The number of hydrogen-bond donors (Lipinski definition) is 1. The maximum atomic E-state index is 5.95. The molecule has 0 radical (unpaired) electrons. The number of fused-ring (bicyclic) bond motifs is 1. The molecule has 1 aromatic carbocycles. The fourth-order valence-electron chi connectivity index (χ4n) is 2.13. The van der Waals surface area contributed by atoms with E-state index in [1.54, 1.807) is 12.4 Å². The van der Waals surface area contributed by atoms with Crippen molar-refractivity contribution in [1.29, 1.82) is 0 Å². The van der Waals surface area contributed by atoms with E-state index in [1.165, 1.54) is 0 Å². The van der Waals surface area contributed by atoms with E-state index in [9.17, 15) is 0 Å². The van der Waals surface area contributed by atoms with Crippen LogP contribution in [0.2, 0.25) is 0 Å². The van der Waals surface area contributed by atoms with Crippen LogP contribution in [-0.2, 0) is 0 Å². The van der Waals surface area contributed by atoms with Crippen LogP contribution in [0.15, 0.2) is 54.9 Å². The third-order valence-electron chi connectivity index (χ3n) is 3.39. The van der Waals surface area contributed by atoms with Crippen molar-refractivity contribution in [2.45, 2.75) is 19.4 Å². The van der Waals surface area contributed by atoms with Gasteiger partial charge in [-0.3, -0.25) is 9.97 Å². The Hall–Kier alpha value is -2.46. The van der Waals surface area contributed by atoms with E-state index in [0.29, 0.717) is 5.75 Å². The summed E-state index contributed by atoms with van der Waals surface area (Å²) in [6, 6.07) is 13.5. The van der Waals surface area contributed by atoms with E-state index in [0.717, 1.165) is 28.8 Å². The second-order valence-electron chi connectivity index (χ2n) is 4.89. The molecular formula is C17H17N3O. The van der Waals surface area contributed by atoms with Crippen molar-refractivity contribution in [2.75, 3.05) is 0 Å². The lowest BCUT2D eigenvalue weighted by Gasteiger charge is -2.10. The van der Waals surface area contributed by atoms with Gasteiger partial charge < -0.3 is 10.5 Å². The molecule has 0 bridgehead atoms. The molecule has 0 aliphatic heterocycles. The molecule has 4 nitrogen and oxygen atoms in total. The Balaban J connectivity index is 1.81. The van der Waals surface area contributed by atoms with Crippen molar-refractivity contribution >= 4 is 10.9 Å². The molecule has 2 aromatic heterocycles. The van der Waals surface area contributed by atoms with Crippen LogP contribution < -0.4 is 10.5 Å². The highest BCUT2D eigenvalue weighted by Crippen LogP contribution is 2.25. The van der Waals surface area contributed by atoms with Gasteiger partial charge in [-0.2, -0.15) is 0 Å². The summed E-state index contributed by atoms with van der Waals surface area (Å²) in [6.07, 6.45) is 4.34. The molecule has 0 fully saturated rings. The van der Waals surface area contributed by atoms with Crippen LogP contribution >= 0.6 is 0 Å². The van der Waals surface area contributed by atoms with Crippen LogP contribution in [0.1, 0.15) is 25.1 Å². The van der Waals surface area contributed by atoms with E-state index in [-0.39, 0.29) is 6.04 Å². The molecule has 2 N–H and O–H groups in total. The maximum absolute atomic E-state index is 5.95. The lowest BCUT2D eigenvalue weighted by molar-refractivity contribution is 0.479. The Morgan fingerprint density at radius 3 is 2.71 bits per heavy atom. The summed E-state index contributed by atoms with van der Waals surface area (Å²) in [5, 5.41) is 1.09. The van der Waals surface area contributed by atoms with Gasteiger partial charge in [-0.15, -0.1) is 0 Å². The summed E-state index contributed by atoms with van der Waals surface area (Å²) < 4.78 is 5.81. The van der Waals surface area contributed by atoms with Gasteiger partial charge in [0, 0.05) is 23.7 Å². The number of aromatic nitrogens is 2. The smallest absolute Gasteiger partial charge is 0.145 e. The molecule has 21 heavy (non-hydrogen) atoms. The summed E-state index contributed by atoms with van der Waals surface area (Å²) in [6.45, 7) is 2.04. The molecule has 3 aromatic rings. The Kier molecular flexibility index (Phi) is 3.79. The van der Waals surface area contributed by atoms with Gasteiger partial charge in [0.1, 0.15) is 11.5 Å². The predicted molar refractivity (Wildman–Crippen MR) is 83.3 cm³/mol. The minimum absolute atomic E-state index is 0.0241. The van der Waals surface area contributed by atoms with Crippen LogP contribution in [0, 0.1) is 0 Å². The van der Waals surface area contributed by atoms with Crippen LogP contribution in [-0.4, -0.2) is 9.97 Å². The minimum Gasteiger partial charge on any atom is -0.456 e. The first-order valence-corrected chi connectivity index (χ1v) is 7.00. The zero-order valence-electron chi connectivity index (χ0n) is 11.9. The van der Waals surface area contributed by atoms with E-state index in [1.807, 2.05) is 49.4 Å². The highest BCUT2D eigenvalue weighted by atomic mass is 16.5. The Bertz CT molecular complexity index is 740. The third-order valence-corrected chi connectivity index (χ3v) is 3.39. The van der Waals surface area contributed by atoms with Crippen molar-refractivity contribution in [3.05, 3.63) is 60.6 Å². The Labute approximate surface area is 123 Å². The lowest BCUT2D eigenvalue weighted by atomic mass is 10.1. The van der Waals surface area contributed by atoms with Crippen LogP contribution in [0.5, 0.6) is 11.5 Å². The third kappa shape index (κ3) is 3.01. The van der Waals surface area contributed by atoms with Crippen molar-refractivity contribution in [2.24, 2.45) is 5.73 Å². The summed E-state index contributed by atoms with van der Waals surface area (Å²) >= 11 is 0. The van der Waals surface area contributed by atoms with Crippen LogP contribution in [0.4, 0.5) is 0 Å². The summed E-state index contributed by atoms with van der Waals surface area (Å²) in [5.41, 5.74) is 7.74. The quantitative estimate of drug-likeness (QED) is 0.788. The molecule has 0 aliphatic carbocycles. The standard InChI is InChI=1S/C17H17N3O/c1-2-15(18)16-8-7-14(11-20-16)21-13-6-5-12-4-3-9-19-17(12)10-13/h3-11,15H,2,18H2,1H3. The second kappa shape index (κ2) is 5.89. The molecular weight excluding hydrogens is 262 g/mol. The first-order chi connectivity index (χ1) is 10.3. The average molecular weight is 279 g/mol. The fourth-order valence-corrected chi connectivity index (χ4v) is 2.13. The highest BCUT2D eigenvalue weighted by Gasteiger charge is 2.05. The van der Waals surface area contributed by atoms with Crippen molar-refractivity contribution in [3.63, 3.8) is 0 Å². The number of nitrogens with zero attached hydrogens (tertiary/aromatic N) is 2. The zero-order valence-corrected chi connectivity index (χ0v) is 11.9. The van der Waals surface area contributed by atoms with E-state index in [2.05, 4.69) is 9.97 Å². The molecule has 1 unspecified atom stereocenters. The van der Waals surface area contributed by atoms with E-state index < -0.39 is 0 Å². The minimum atomic E-state index is -0.0241. The molecule has 106 valence electrons. The molecule has 0 saturated carbocycles. The van der Waals surface area contributed by atoms with Gasteiger partial charge in [0.25, 0.3) is 0 Å².